The number of nitrogens with one attached hydrogen (secondary N) is 1. The van der Waals surface area contributed by atoms with Crippen molar-refractivity contribution in [1.82, 2.24) is 10.2 Å². The lowest BCUT2D eigenvalue weighted by molar-refractivity contribution is -0.143. The second-order valence-corrected chi connectivity index (χ2v) is 6.71. The quantitative estimate of drug-likeness (QED) is 0.898. The van der Waals surface area contributed by atoms with Gasteiger partial charge in [0, 0.05) is 11.4 Å². The van der Waals surface area contributed by atoms with Gasteiger partial charge in [0.25, 0.3) is 0 Å². The van der Waals surface area contributed by atoms with E-state index in [9.17, 15) is 14.7 Å². The molecule has 2 amide bonds. The van der Waals surface area contributed by atoms with Gasteiger partial charge in [0.1, 0.15) is 6.04 Å². The van der Waals surface area contributed by atoms with Gasteiger partial charge in [0.2, 0.25) is 0 Å². The third-order valence-electron chi connectivity index (χ3n) is 3.84. The zero-order valence-electron chi connectivity index (χ0n) is 12.4. The minimum Gasteiger partial charge on any atom is -0.480 e. The first kappa shape index (κ1) is 15.8. The summed E-state index contributed by atoms with van der Waals surface area (Å²) in [5, 5.41) is 14.3. The van der Waals surface area contributed by atoms with Crippen molar-refractivity contribution in [3.63, 3.8) is 0 Å². The number of nitrogens with zero attached hydrogens (tertiary/aromatic N) is 1. The Balaban J connectivity index is 2.09. The van der Waals surface area contributed by atoms with E-state index in [0.29, 0.717) is 13.0 Å². The highest BCUT2D eigenvalue weighted by atomic mass is 32.1. The van der Waals surface area contributed by atoms with Crippen LogP contribution < -0.4 is 5.32 Å². The Morgan fingerprint density at radius 1 is 1.43 bits per heavy atom. The lowest BCUT2D eigenvalue weighted by Crippen LogP contribution is -2.52. The zero-order valence-corrected chi connectivity index (χ0v) is 13.2. The van der Waals surface area contributed by atoms with Crippen LogP contribution in [0.25, 0.3) is 0 Å². The fourth-order valence-corrected chi connectivity index (χ4v) is 3.63. The van der Waals surface area contributed by atoms with Crippen molar-refractivity contribution in [3.8, 4) is 0 Å². The fraction of sp³-hybridized carbons (Fsp3) is 0.600. The van der Waals surface area contributed by atoms with Gasteiger partial charge in [-0.15, -0.1) is 11.3 Å². The number of carboxylic acid groups (broad SMARTS) is 1. The van der Waals surface area contributed by atoms with Crippen LogP contribution in [0, 0.1) is 5.92 Å². The van der Waals surface area contributed by atoms with Gasteiger partial charge in [-0.05, 0) is 36.6 Å². The van der Waals surface area contributed by atoms with Crippen molar-refractivity contribution in [2.75, 3.05) is 6.54 Å². The Bertz CT molecular complexity index is 487. The molecule has 2 atom stereocenters. The molecule has 2 unspecified atom stereocenters. The Hall–Kier alpha value is -1.56. The number of hydrogen-bond acceptors (Lipinski definition) is 3. The number of piperidine rings is 1. The van der Waals surface area contributed by atoms with Crippen LogP contribution in [0.1, 0.15) is 44.0 Å². The van der Waals surface area contributed by atoms with Gasteiger partial charge in [-0.2, -0.15) is 0 Å². The van der Waals surface area contributed by atoms with Crippen molar-refractivity contribution in [2.24, 2.45) is 5.92 Å². The lowest BCUT2D eigenvalue weighted by atomic mass is 10.0. The summed E-state index contributed by atoms with van der Waals surface area (Å²) in [5.41, 5.74) is 0. The number of amides is 2. The summed E-state index contributed by atoms with van der Waals surface area (Å²) < 4.78 is 0. The van der Waals surface area contributed by atoms with Crippen LogP contribution in [0.4, 0.5) is 4.79 Å². The Morgan fingerprint density at radius 2 is 2.19 bits per heavy atom. The largest absolute Gasteiger partial charge is 0.480 e. The second kappa shape index (κ2) is 6.93. The van der Waals surface area contributed by atoms with Gasteiger partial charge < -0.3 is 15.3 Å². The van der Waals surface area contributed by atoms with Crippen molar-refractivity contribution in [2.45, 2.75) is 45.2 Å². The molecule has 0 radical (unpaired) electrons. The number of carbonyl (C=O) groups excluding carboxylic acids is 1. The highest BCUT2D eigenvalue weighted by Gasteiger charge is 2.33. The molecule has 1 aromatic rings. The normalized spacial score (nSPS) is 20.3. The van der Waals surface area contributed by atoms with E-state index in [1.807, 2.05) is 17.5 Å². The molecule has 2 heterocycles. The predicted octanol–water partition coefficient (Wildman–Crippen LogP) is 3.09. The van der Waals surface area contributed by atoms with E-state index in [1.54, 1.807) is 11.3 Å². The molecule has 0 spiro atoms. The Kier molecular flexibility index (Phi) is 5.22. The molecule has 116 valence electrons. The minimum absolute atomic E-state index is 0.0751. The monoisotopic (exact) mass is 310 g/mol. The van der Waals surface area contributed by atoms with Gasteiger partial charge in [-0.25, -0.2) is 9.59 Å². The zero-order chi connectivity index (χ0) is 15.4. The van der Waals surface area contributed by atoms with E-state index >= 15 is 0 Å². The van der Waals surface area contributed by atoms with Crippen LogP contribution in [0.3, 0.4) is 0 Å². The molecular formula is C15H22N2O3S. The molecule has 1 aliphatic rings. The van der Waals surface area contributed by atoms with E-state index in [-0.39, 0.29) is 18.0 Å². The van der Waals surface area contributed by atoms with Crippen LogP contribution in [0.5, 0.6) is 0 Å². The number of aliphatic carboxylic acids is 1. The van der Waals surface area contributed by atoms with Crippen LogP contribution >= 0.6 is 11.3 Å². The third kappa shape index (κ3) is 3.75. The van der Waals surface area contributed by atoms with Gasteiger partial charge in [-0.3, -0.25) is 0 Å². The van der Waals surface area contributed by atoms with Gasteiger partial charge in [0.15, 0.2) is 0 Å². The molecule has 6 heteroatoms. The first-order valence-electron chi connectivity index (χ1n) is 7.34. The van der Waals surface area contributed by atoms with Crippen LogP contribution in [0.2, 0.25) is 0 Å². The lowest BCUT2D eigenvalue weighted by Gasteiger charge is -2.34. The smallest absolute Gasteiger partial charge is 0.326 e. The summed E-state index contributed by atoms with van der Waals surface area (Å²) in [5.74, 6) is -0.664. The number of rotatable bonds is 4. The van der Waals surface area contributed by atoms with E-state index in [2.05, 4.69) is 19.2 Å². The molecule has 1 aliphatic heterocycles. The summed E-state index contributed by atoms with van der Waals surface area (Å²) in [4.78, 5) is 26.3. The number of likely N-dealkylation sites (tertiary alicyclic amines) is 1. The summed E-state index contributed by atoms with van der Waals surface area (Å²) in [7, 11) is 0. The molecule has 21 heavy (non-hydrogen) atoms. The number of hydrogen-bond donors (Lipinski definition) is 2. The predicted molar refractivity (Wildman–Crippen MR) is 82.4 cm³/mol. The molecule has 0 saturated carbocycles. The molecule has 0 aliphatic carbocycles. The average molecular weight is 310 g/mol. The van der Waals surface area contributed by atoms with E-state index in [0.717, 1.165) is 17.7 Å². The molecule has 2 N–H and O–H groups in total. The number of carbonyl (C=O) groups is 2. The highest BCUT2D eigenvalue weighted by Crippen LogP contribution is 2.27. The molecule has 2 rings (SSSR count). The molecule has 0 bridgehead atoms. The number of thiophene rings is 1. The molecule has 0 aromatic carbocycles. The maximum absolute atomic E-state index is 12.5. The number of carboxylic acids is 1. The van der Waals surface area contributed by atoms with E-state index < -0.39 is 12.0 Å². The number of urea groups is 1. The fourth-order valence-electron chi connectivity index (χ4n) is 2.68. The first-order valence-corrected chi connectivity index (χ1v) is 8.22. The van der Waals surface area contributed by atoms with Gasteiger partial charge >= 0.3 is 12.0 Å². The standard InChI is InChI=1S/C15H22N2O3S/c1-10(2)13(12-7-5-9-21-12)16-15(20)17-8-4-3-6-11(17)14(18)19/h5,7,9-11,13H,3-4,6,8H2,1-2H3,(H,16,20)(H,18,19). The molecule has 1 saturated heterocycles. The summed E-state index contributed by atoms with van der Waals surface area (Å²) in [6.45, 7) is 4.61. The van der Waals surface area contributed by atoms with Crippen molar-refractivity contribution >= 4 is 23.3 Å². The third-order valence-corrected chi connectivity index (χ3v) is 4.80. The van der Waals surface area contributed by atoms with E-state index in [4.69, 9.17) is 0 Å². The summed E-state index contributed by atoms with van der Waals surface area (Å²) >= 11 is 1.61. The first-order chi connectivity index (χ1) is 10.0. The van der Waals surface area contributed by atoms with Crippen molar-refractivity contribution < 1.29 is 14.7 Å². The highest BCUT2D eigenvalue weighted by molar-refractivity contribution is 7.10. The Morgan fingerprint density at radius 3 is 2.76 bits per heavy atom. The summed E-state index contributed by atoms with van der Waals surface area (Å²) in [6, 6.07) is 2.92. The molecular weight excluding hydrogens is 288 g/mol. The summed E-state index contributed by atoms with van der Waals surface area (Å²) in [6.07, 6.45) is 2.26. The Labute approximate surface area is 129 Å². The van der Waals surface area contributed by atoms with E-state index in [1.165, 1.54) is 4.90 Å². The molecule has 1 fully saturated rings. The molecule has 5 nitrogen and oxygen atoms in total. The molecule has 1 aromatic heterocycles. The van der Waals surface area contributed by atoms with Crippen LogP contribution in [-0.4, -0.2) is 34.6 Å². The van der Waals surface area contributed by atoms with Gasteiger partial charge in [0.05, 0.1) is 6.04 Å². The van der Waals surface area contributed by atoms with Crippen LogP contribution in [-0.2, 0) is 4.79 Å². The van der Waals surface area contributed by atoms with Crippen LogP contribution in [0.15, 0.2) is 17.5 Å². The second-order valence-electron chi connectivity index (χ2n) is 5.73. The van der Waals surface area contributed by atoms with Crippen molar-refractivity contribution in [3.05, 3.63) is 22.4 Å². The minimum atomic E-state index is -0.915. The SMILES string of the molecule is CC(C)C(NC(=O)N1CCCCC1C(=O)O)c1cccs1. The maximum atomic E-state index is 12.5. The van der Waals surface area contributed by atoms with Gasteiger partial charge in [-0.1, -0.05) is 19.9 Å². The average Bonchev–Trinajstić information content (AvgIpc) is 2.97. The maximum Gasteiger partial charge on any atom is 0.326 e. The van der Waals surface area contributed by atoms with Crippen molar-refractivity contribution in [1.29, 1.82) is 0 Å². The topological polar surface area (TPSA) is 69.6 Å².